The molecule has 1 saturated heterocycles. The Morgan fingerprint density at radius 1 is 1.44 bits per heavy atom. The van der Waals surface area contributed by atoms with Gasteiger partial charge in [-0.1, -0.05) is 40.5 Å². The van der Waals surface area contributed by atoms with Crippen LogP contribution in [0.4, 0.5) is 5.82 Å². The molecule has 0 N–H and O–H groups in total. The van der Waals surface area contributed by atoms with Gasteiger partial charge in [0.15, 0.2) is 5.16 Å². The van der Waals surface area contributed by atoms with E-state index < -0.39 is 5.92 Å². The van der Waals surface area contributed by atoms with E-state index in [0.717, 1.165) is 31.2 Å². The first-order valence-corrected chi connectivity index (χ1v) is 11.3. The molecule has 1 aliphatic heterocycles. The van der Waals surface area contributed by atoms with Gasteiger partial charge in [-0.05, 0) is 34.9 Å². The minimum atomic E-state index is -0.603. The molecular weight excluding hydrogens is 423 g/mol. The second kappa shape index (κ2) is 8.31. The Morgan fingerprint density at radius 2 is 2.16 bits per heavy atom. The summed E-state index contributed by atoms with van der Waals surface area (Å²) in [5.41, 5.74) is 0.881. The Labute approximate surface area is 162 Å². The van der Waals surface area contributed by atoms with Crippen LogP contribution in [0.25, 0.3) is 0 Å². The molecule has 1 saturated carbocycles. The molecule has 3 rings (SSSR count). The number of rotatable bonds is 5. The van der Waals surface area contributed by atoms with Crippen molar-refractivity contribution in [3.63, 3.8) is 0 Å². The lowest BCUT2D eigenvalue weighted by molar-refractivity contribution is -0.134. The second-order valence-corrected chi connectivity index (χ2v) is 8.32. The molecule has 2 amide bonds. The summed E-state index contributed by atoms with van der Waals surface area (Å²) in [6, 6.07) is 0.112. The molecular formula is C16H22BrN4O2PS. The highest BCUT2D eigenvalue weighted by Gasteiger charge is 2.41. The summed E-state index contributed by atoms with van der Waals surface area (Å²) >= 11 is 4.94. The third kappa shape index (κ3) is 3.86. The first-order valence-electron chi connectivity index (χ1n) is 8.41. The number of halogens is 1. The second-order valence-electron chi connectivity index (χ2n) is 6.36. The lowest BCUT2D eigenvalue weighted by Crippen LogP contribution is -2.45. The molecule has 136 valence electrons. The summed E-state index contributed by atoms with van der Waals surface area (Å²) in [6.07, 6.45) is 8.38. The number of nitrogens with zero attached hydrogens (tertiary/aromatic N) is 4. The van der Waals surface area contributed by atoms with Crippen molar-refractivity contribution in [3.05, 3.63) is 11.8 Å². The fourth-order valence-corrected chi connectivity index (χ4v) is 4.56. The van der Waals surface area contributed by atoms with E-state index >= 15 is 0 Å². The number of thioether (sulfide) groups is 1. The van der Waals surface area contributed by atoms with Crippen LogP contribution in [0, 0.1) is 5.92 Å². The van der Waals surface area contributed by atoms with Gasteiger partial charge in [0.2, 0.25) is 11.8 Å². The first kappa shape index (κ1) is 19.1. The van der Waals surface area contributed by atoms with Crippen molar-refractivity contribution in [3.8, 4) is 0 Å². The molecule has 0 spiro atoms. The van der Waals surface area contributed by atoms with E-state index in [9.17, 15) is 9.59 Å². The summed E-state index contributed by atoms with van der Waals surface area (Å²) in [7, 11) is 2.41. The summed E-state index contributed by atoms with van der Waals surface area (Å²) in [5, 5.41) is 1.21. The van der Waals surface area contributed by atoms with Gasteiger partial charge < -0.3 is 4.67 Å². The van der Waals surface area contributed by atoms with Crippen molar-refractivity contribution in [2.24, 2.45) is 5.92 Å². The van der Waals surface area contributed by atoms with Gasteiger partial charge in [0.1, 0.15) is 11.7 Å². The molecule has 0 bridgehead atoms. The van der Waals surface area contributed by atoms with Crippen molar-refractivity contribution in [2.75, 3.05) is 17.7 Å². The third-order valence-electron chi connectivity index (χ3n) is 4.84. The highest BCUT2D eigenvalue weighted by Crippen LogP contribution is 2.34. The van der Waals surface area contributed by atoms with Gasteiger partial charge in [-0.3, -0.25) is 14.5 Å². The summed E-state index contributed by atoms with van der Waals surface area (Å²) in [6.45, 7) is 0.601. The summed E-state index contributed by atoms with van der Waals surface area (Å²) in [4.78, 5) is 36.5. The summed E-state index contributed by atoms with van der Waals surface area (Å²) < 4.78 is 1.56. The van der Waals surface area contributed by atoms with Crippen LogP contribution in [-0.4, -0.2) is 45.3 Å². The quantitative estimate of drug-likeness (QED) is 0.229. The van der Waals surface area contributed by atoms with E-state index in [1.807, 2.05) is 6.26 Å². The number of hydrogen-bond acceptors (Lipinski definition) is 5. The zero-order valence-corrected chi connectivity index (χ0v) is 17.7. The van der Waals surface area contributed by atoms with E-state index in [2.05, 4.69) is 35.3 Å². The van der Waals surface area contributed by atoms with Crippen molar-refractivity contribution < 1.29 is 9.59 Å². The van der Waals surface area contributed by atoms with E-state index in [4.69, 9.17) is 0 Å². The van der Waals surface area contributed by atoms with Crippen molar-refractivity contribution in [2.45, 2.75) is 48.6 Å². The topological polar surface area (TPSA) is 66.4 Å². The number of carbonyl (C=O) groups is 2. The van der Waals surface area contributed by atoms with Crippen LogP contribution >= 0.6 is 37.1 Å². The van der Waals surface area contributed by atoms with Crippen molar-refractivity contribution >= 4 is 54.7 Å². The molecule has 1 aliphatic carbocycles. The van der Waals surface area contributed by atoms with Crippen LogP contribution in [0.5, 0.6) is 0 Å². The molecule has 0 radical (unpaired) electrons. The van der Waals surface area contributed by atoms with Gasteiger partial charge in [-0.25, -0.2) is 9.97 Å². The molecule has 2 heterocycles. The molecule has 2 atom stereocenters. The van der Waals surface area contributed by atoms with Crippen LogP contribution in [0.15, 0.2) is 11.4 Å². The number of alkyl halides is 1. The lowest BCUT2D eigenvalue weighted by atomic mass is 10.0. The molecule has 6 nitrogen and oxygen atoms in total. The highest BCUT2D eigenvalue weighted by molar-refractivity contribution is 9.08. The Bertz CT molecular complexity index is 672. The molecule has 1 aromatic rings. The fraction of sp³-hybridized carbons (Fsp3) is 0.625. The maximum Gasteiger partial charge on any atom is 0.241 e. The first-order chi connectivity index (χ1) is 12.1. The van der Waals surface area contributed by atoms with Crippen molar-refractivity contribution in [1.82, 2.24) is 14.6 Å². The van der Waals surface area contributed by atoms with Crippen molar-refractivity contribution in [1.29, 1.82) is 0 Å². The number of aromatic nitrogens is 2. The molecule has 25 heavy (non-hydrogen) atoms. The average molecular weight is 445 g/mol. The Kier molecular flexibility index (Phi) is 6.34. The molecule has 2 aliphatic rings. The predicted molar refractivity (Wildman–Crippen MR) is 106 cm³/mol. The Morgan fingerprint density at radius 3 is 2.72 bits per heavy atom. The molecule has 2 fully saturated rings. The van der Waals surface area contributed by atoms with Crippen LogP contribution in [0.3, 0.4) is 0 Å². The third-order valence-corrected chi connectivity index (χ3v) is 6.52. The minimum Gasteiger partial charge on any atom is -0.327 e. The van der Waals surface area contributed by atoms with E-state index in [0.29, 0.717) is 29.3 Å². The zero-order valence-electron chi connectivity index (χ0n) is 14.2. The summed E-state index contributed by atoms with van der Waals surface area (Å²) in [5.74, 6) is -0.176. The highest BCUT2D eigenvalue weighted by atomic mass is 79.9. The molecule has 0 aromatic carbocycles. The number of hydrogen-bond donors (Lipinski definition) is 0. The maximum absolute atomic E-state index is 13.3. The lowest BCUT2D eigenvalue weighted by Gasteiger charge is -2.31. The van der Waals surface area contributed by atoms with Crippen LogP contribution < -0.4 is 4.90 Å². The Hall–Kier alpha value is -0.720. The molecule has 9 heteroatoms. The van der Waals surface area contributed by atoms with Gasteiger partial charge in [-0.2, -0.15) is 0 Å². The normalized spacial score (nSPS) is 21.2. The SMILES string of the molecule is CSc1ncc(CBr)c(N(C(=O)C2CCN(P)C2=O)C2CCCC2)n1. The smallest absolute Gasteiger partial charge is 0.241 e. The zero-order chi connectivity index (χ0) is 18.0. The largest absolute Gasteiger partial charge is 0.327 e. The van der Waals surface area contributed by atoms with Gasteiger partial charge in [0.25, 0.3) is 0 Å². The van der Waals surface area contributed by atoms with E-state index in [1.54, 1.807) is 15.8 Å². The average Bonchev–Trinajstić information content (AvgIpc) is 3.26. The predicted octanol–water partition coefficient (Wildman–Crippen LogP) is 3.01. The minimum absolute atomic E-state index is 0.112. The van der Waals surface area contributed by atoms with Crippen LogP contribution in [-0.2, 0) is 14.9 Å². The van der Waals surface area contributed by atoms with Gasteiger partial charge >= 0.3 is 0 Å². The maximum atomic E-state index is 13.3. The standard InChI is InChI=1S/C16H22BrN4O2PS/c1-25-16-18-9-10(8-17)13(19-16)21(11-4-2-3-5-11)15(23)12-6-7-20(24)14(12)22/h9,11-12H,2-8,24H2,1H3. The van der Waals surface area contributed by atoms with E-state index in [1.165, 1.54) is 11.8 Å². The van der Waals surface area contributed by atoms with Gasteiger partial charge in [-0.15, -0.1) is 0 Å². The number of carbonyl (C=O) groups excluding carboxylic acids is 2. The van der Waals surface area contributed by atoms with Crippen LogP contribution in [0.2, 0.25) is 0 Å². The van der Waals surface area contributed by atoms with Gasteiger partial charge in [0.05, 0.1) is 0 Å². The monoisotopic (exact) mass is 444 g/mol. The van der Waals surface area contributed by atoms with E-state index in [-0.39, 0.29) is 17.9 Å². The number of anilines is 1. The molecule has 1 aromatic heterocycles. The fourth-order valence-electron chi connectivity index (χ4n) is 3.50. The van der Waals surface area contributed by atoms with Crippen LogP contribution in [0.1, 0.15) is 37.7 Å². The Balaban J connectivity index is 2.01. The van der Waals surface area contributed by atoms with Gasteiger partial charge in [0, 0.05) is 29.7 Å². The number of amides is 2. The molecule has 2 unspecified atom stereocenters.